The fourth-order valence-electron chi connectivity index (χ4n) is 1.78. The molecule has 92 valence electrons. The maximum absolute atomic E-state index is 11.8. The van der Waals surface area contributed by atoms with Crippen molar-refractivity contribution >= 4 is 5.91 Å². The van der Waals surface area contributed by atoms with Crippen molar-refractivity contribution in [3.05, 3.63) is 24.0 Å². The Hall–Kier alpha value is -1.58. The van der Waals surface area contributed by atoms with Gasteiger partial charge >= 0.3 is 0 Å². The summed E-state index contributed by atoms with van der Waals surface area (Å²) < 4.78 is 5.52. The molecule has 4 nitrogen and oxygen atoms in total. The Morgan fingerprint density at radius 1 is 1.59 bits per heavy atom. The van der Waals surface area contributed by atoms with Gasteiger partial charge in [0.05, 0.1) is 12.8 Å². The predicted molar refractivity (Wildman–Crippen MR) is 64.9 cm³/mol. The van der Waals surface area contributed by atoms with Crippen LogP contribution in [0.25, 0.3) is 0 Å². The normalized spacial score (nSPS) is 18.4. The van der Waals surface area contributed by atoms with E-state index in [2.05, 4.69) is 10.3 Å². The van der Waals surface area contributed by atoms with Crippen molar-refractivity contribution in [2.24, 2.45) is 5.41 Å². The molecule has 0 spiro atoms. The van der Waals surface area contributed by atoms with Crippen LogP contribution in [0.3, 0.4) is 0 Å². The molecule has 2 heterocycles. The number of hydrogen-bond donors (Lipinski definition) is 1. The molecule has 1 unspecified atom stereocenters. The molecule has 0 bridgehead atoms. The van der Waals surface area contributed by atoms with E-state index in [1.165, 1.54) is 0 Å². The summed E-state index contributed by atoms with van der Waals surface area (Å²) in [5, 5.41) is 2.97. The van der Waals surface area contributed by atoms with E-state index in [9.17, 15) is 4.79 Å². The Bertz CT molecular complexity index is 424. The van der Waals surface area contributed by atoms with E-state index < -0.39 is 0 Å². The van der Waals surface area contributed by atoms with Crippen LogP contribution in [0.4, 0.5) is 0 Å². The van der Waals surface area contributed by atoms with Crippen molar-refractivity contribution < 1.29 is 9.53 Å². The monoisotopic (exact) mass is 234 g/mol. The topological polar surface area (TPSA) is 51.2 Å². The third-order valence-electron chi connectivity index (χ3n) is 2.89. The van der Waals surface area contributed by atoms with Gasteiger partial charge in [0.25, 0.3) is 0 Å². The first-order chi connectivity index (χ1) is 7.98. The third-order valence-corrected chi connectivity index (χ3v) is 2.89. The Morgan fingerprint density at radius 2 is 2.35 bits per heavy atom. The van der Waals surface area contributed by atoms with Gasteiger partial charge in [0.1, 0.15) is 5.75 Å². The molecule has 4 heteroatoms. The van der Waals surface area contributed by atoms with Gasteiger partial charge in [-0.3, -0.25) is 9.78 Å². The van der Waals surface area contributed by atoms with Gasteiger partial charge in [-0.15, -0.1) is 0 Å². The fraction of sp³-hybridized carbons (Fsp3) is 0.538. The zero-order chi connectivity index (χ0) is 12.5. The summed E-state index contributed by atoms with van der Waals surface area (Å²) in [5.41, 5.74) is 0.787. The van der Waals surface area contributed by atoms with E-state index in [0.29, 0.717) is 13.2 Å². The molecule has 1 amide bonds. The lowest BCUT2D eigenvalue weighted by Gasteiger charge is -2.19. The van der Waals surface area contributed by atoms with Gasteiger partial charge in [0.2, 0.25) is 5.91 Å². The third kappa shape index (κ3) is 2.57. The van der Waals surface area contributed by atoms with E-state index in [1.54, 1.807) is 12.4 Å². The van der Waals surface area contributed by atoms with Crippen LogP contribution in [-0.4, -0.2) is 24.0 Å². The van der Waals surface area contributed by atoms with Crippen molar-refractivity contribution in [3.63, 3.8) is 0 Å². The predicted octanol–water partition coefficient (Wildman–Crippen LogP) is 1.72. The number of nitrogens with zero attached hydrogens (tertiary/aromatic N) is 1. The number of pyridine rings is 1. The minimum atomic E-state index is -0.347. The molecule has 0 aliphatic carbocycles. The summed E-state index contributed by atoms with van der Waals surface area (Å²) in [5.74, 6) is 1.14. The zero-order valence-corrected chi connectivity index (χ0v) is 10.5. The van der Waals surface area contributed by atoms with E-state index in [4.69, 9.17) is 4.74 Å². The van der Waals surface area contributed by atoms with Crippen LogP contribution in [0.15, 0.2) is 18.5 Å². The number of carbonyl (C=O) groups is 1. The highest BCUT2D eigenvalue weighted by molar-refractivity contribution is 5.81. The molecule has 0 radical (unpaired) electrons. The Balaban J connectivity index is 1.97. The maximum Gasteiger partial charge on any atom is 0.225 e. The standard InChI is InChI=1S/C13H18N2O2/c1-13(2,3)12(16)15-6-9-8-17-11-7-14-5-4-10(9)11/h4-5,7,9H,6,8H2,1-3H3,(H,15,16). The van der Waals surface area contributed by atoms with E-state index in [0.717, 1.165) is 11.3 Å². The summed E-state index contributed by atoms with van der Waals surface area (Å²) in [7, 11) is 0. The van der Waals surface area contributed by atoms with Crippen LogP contribution >= 0.6 is 0 Å². The van der Waals surface area contributed by atoms with Gasteiger partial charge < -0.3 is 10.1 Å². The molecule has 1 aromatic rings. The second-order valence-corrected chi connectivity index (χ2v) is 5.38. The molecule has 0 saturated carbocycles. The van der Waals surface area contributed by atoms with Crippen LogP contribution in [0, 0.1) is 5.41 Å². The lowest BCUT2D eigenvalue weighted by Crippen LogP contribution is -2.37. The molecule has 1 aliphatic heterocycles. The first-order valence-corrected chi connectivity index (χ1v) is 5.83. The number of ether oxygens (including phenoxy) is 1. The maximum atomic E-state index is 11.8. The highest BCUT2D eigenvalue weighted by Gasteiger charge is 2.27. The van der Waals surface area contributed by atoms with E-state index in [1.807, 2.05) is 26.8 Å². The van der Waals surface area contributed by atoms with Crippen molar-refractivity contribution in [1.29, 1.82) is 0 Å². The summed E-state index contributed by atoms with van der Waals surface area (Å²) in [6, 6.07) is 1.95. The van der Waals surface area contributed by atoms with Gasteiger partial charge in [0, 0.05) is 29.6 Å². The minimum Gasteiger partial charge on any atom is -0.491 e. The fourth-order valence-corrected chi connectivity index (χ4v) is 1.78. The second-order valence-electron chi connectivity index (χ2n) is 5.38. The zero-order valence-electron chi connectivity index (χ0n) is 10.5. The van der Waals surface area contributed by atoms with Crippen LogP contribution < -0.4 is 10.1 Å². The number of amides is 1. The molecular weight excluding hydrogens is 216 g/mol. The SMILES string of the molecule is CC(C)(C)C(=O)NCC1COc2cnccc21. The quantitative estimate of drug-likeness (QED) is 0.847. The summed E-state index contributed by atoms with van der Waals surface area (Å²) in [6.45, 7) is 6.96. The highest BCUT2D eigenvalue weighted by atomic mass is 16.5. The van der Waals surface area contributed by atoms with Gasteiger partial charge in [-0.05, 0) is 6.07 Å². The second kappa shape index (κ2) is 4.35. The molecule has 1 aliphatic rings. The lowest BCUT2D eigenvalue weighted by molar-refractivity contribution is -0.128. The van der Waals surface area contributed by atoms with Gasteiger partial charge in [0.15, 0.2) is 0 Å². The highest BCUT2D eigenvalue weighted by Crippen LogP contribution is 2.32. The van der Waals surface area contributed by atoms with E-state index >= 15 is 0 Å². The van der Waals surface area contributed by atoms with Crippen molar-refractivity contribution in [2.75, 3.05) is 13.2 Å². The molecule has 2 rings (SSSR count). The van der Waals surface area contributed by atoms with Gasteiger partial charge in [-0.1, -0.05) is 20.8 Å². The average Bonchev–Trinajstić information content (AvgIpc) is 2.68. The smallest absolute Gasteiger partial charge is 0.225 e. The number of rotatable bonds is 2. The van der Waals surface area contributed by atoms with Crippen molar-refractivity contribution in [1.82, 2.24) is 10.3 Å². The first-order valence-electron chi connectivity index (χ1n) is 5.83. The molecule has 0 saturated heterocycles. The molecule has 1 N–H and O–H groups in total. The van der Waals surface area contributed by atoms with Crippen LogP contribution in [0.5, 0.6) is 5.75 Å². The van der Waals surface area contributed by atoms with Gasteiger partial charge in [-0.2, -0.15) is 0 Å². The number of carbonyl (C=O) groups excluding carboxylic acids is 1. The largest absolute Gasteiger partial charge is 0.491 e. The number of fused-ring (bicyclic) bond motifs is 1. The Morgan fingerprint density at radius 3 is 3.06 bits per heavy atom. The molecule has 1 atom stereocenters. The Kier molecular flexibility index (Phi) is 3.05. The Labute approximate surface area is 101 Å². The molecule has 17 heavy (non-hydrogen) atoms. The summed E-state index contributed by atoms with van der Waals surface area (Å²) >= 11 is 0. The van der Waals surface area contributed by atoms with Crippen LogP contribution in [0.1, 0.15) is 32.3 Å². The average molecular weight is 234 g/mol. The lowest BCUT2D eigenvalue weighted by atomic mass is 9.95. The summed E-state index contributed by atoms with van der Waals surface area (Å²) in [4.78, 5) is 15.8. The van der Waals surface area contributed by atoms with Gasteiger partial charge in [-0.25, -0.2) is 0 Å². The molecule has 0 fully saturated rings. The number of aromatic nitrogens is 1. The first kappa shape index (κ1) is 11.9. The number of nitrogens with one attached hydrogen (secondary N) is 1. The van der Waals surface area contributed by atoms with Crippen LogP contribution in [-0.2, 0) is 4.79 Å². The minimum absolute atomic E-state index is 0.0695. The molecular formula is C13H18N2O2. The van der Waals surface area contributed by atoms with Crippen molar-refractivity contribution in [3.8, 4) is 5.75 Å². The van der Waals surface area contributed by atoms with Crippen molar-refractivity contribution in [2.45, 2.75) is 26.7 Å². The number of hydrogen-bond acceptors (Lipinski definition) is 3. The van der Waals surface area contributed by atoms with E-state index in [-0.39, 0.29) is 17.2 Å². The molecule has 0 aromatic carbocycles. The summed E-state index contributed by atoms with van der Waals surface area (Å²) in [6.07, 6.45) is 3.48. The van der Waals surface area contributed by atoms with Crippen LogP contribution in [0.2, 0.25) is 0 Å². The molecule has 1 aromatic heterocycles.